The van der Waals surface area contributed by atoms with E-state index in [2.05, 4.69) is 14.7 Å². The third-order valence-corrected chi connectivity index (χ3v) is 2.72. The molecule has 2 aromatic rings. The average molecular weight is 262 g/mol. The molecule has 0 aliphatic heterocycles. The lowest BCUT2D eigenvalue weighted by Gasteiger charge is -2.06. The van der Waals surface area contributed by atoms with Crippen LogP contribution in [0.4, 0.5) is 4.79 Å². The summed E-state index contributed by atoms with van der Waals surface area (Å²) in [6.07, 6.45) is -0.941. The van der Waals surface area contributed by atoms with Gasteiger partial charge in [0.2, 0.25) is 0 Å². The van der Waals surface area contributed by atoms with E-state index in [0.717, 1.165) is 11.1 Å². The van der Waals surface area contributed by atoms with Crippen molar-refractivity contribution < 1.29 is 14.3 Å². The van der Waals surface area contributed by atoms with Gasteiger partial charge in [0.05, 0.1) is 17.6 Å². The molecule has 1 N–H and O–H groups in total. The van der Waals surface area contributed by atoms with Crippen molar-refractivity contribution in [2.24, 2.45) is 0 Å². The molecule has 1 heterocycles. The molecule has 0 unspecified atom stereocenters. The number of H-pyrrole nitrogens is 1. The topological polar surface area (TPSA) is 81.3 Å². The monoisotopic (exact) mass is 262 g/mol. The highest BCUT2D eigenvalue weighted by Crippen LogP contribution is 2.16. The van der Waals surface area contributed by atoms with Crippen LogP contribution < -0.4 is 10.3 Å². The first-order valence-electron chi connectivity index (χ1n) is 5.87. The number of rotatable bonds is 2. The number of hydrogen-bond acceptors (Lipinski definition) is 5. The van der Waals surface area contributed by atoms with Gasteiger partial charge in [0.1, 0.15) is 0 Å². The summed E-state index contributed by atoms with van der Waals surface area (Å²) in [7, 11) is 0. The van der Waals surface area contributed by atoms with Crippen molar-refractivity contribution in [1.29, 1.82) is 0 Å². The summed E-state index contributed by atoms with van der Waals surface area (Å²) in [6.45, 7) is 5.69. The summed E-state index contributed by atoms with van der Waals surface area (Å²) in [4.78, 5) is 29.6. The second kappa shape index (κ2) is 5.09. The lowest BCUT2D eigenvalue weighted by Crippen LogP contribution is -2.19. The van der Waals surface area contributed by atoms with E-state index in [4.69, 9.17) is 4.74 Å². The van der Waals surface area contributed by atoms with Gasteiger partial charge in [-0.05, 0) is 44.0 Å². The molecular weight excluding hydrogens is 248 g/mol. The largest absolute Gasteiger partial charge is 0.515 e. The van der Waals surface area contributed by atoms with Gasteiger partial charge in [0, 0.05) is 0 Å². The van der Waals surface area contributed by atoms with E-state index in [1.54, 1.807) is 6.92 Å². The van der Waals surface area contributed by atoms with Crippen LogP contribution in [0.3, 0.4) is 0 Å². The lowest BCUT2D eigenvalue weighted by atomic mass is 10.1. The molecular formula is C13H14N2O4. The highest BCUT2D eigenvalue weighted by molar-refractivity contribution is 5.76. The summed E-state index contributed by atoms with van der Waals surface area (Å²) in [6, 6.07) is 3.64. The maximum atomic E-state index is 11.7. The molecule has 0 amide bonds. The van der Waals surface area contributed by atoms with E-state index < -0.39 is 11.7 Å². The van der Waals surface area contributed by atoms with Crippen LogP contribution in [0.25, 0.3) is 11.0 Å². The third kappa shape index (κ3) is 2.73. The number of aromatic nitrogens is 2. The Morgan fingerprint density at radius 3 is 2.68 bits per heavy atom. The predicted octanol–water partition coefficient (Wildman–Crippen LogP) is 2.08. The van der Waals surface area contributed by atoms with Gasteiger partial charge in [0.25, 0.3) is 5.88 Å². The van der Waals surface area contributed by atoms with E-state index in [1.165, 1.54) is 0 Å². The van der Waals surface area contributed by atoms with Crippen LogP contribution in [0, 0.1) is 13.8 Å². The number of aryl methyl sites for hydroxylation is 2. The predicted molar refractivity (Wildman–Crippen MR) is 69.5 cm³/mol. The van der Waals surface area contributed by atoms with Gasteiger partial charge in [-0.1, -0.05) is 0 Å². The van der Waals surface area contributed by atoms with Crippen molar-refractivity contribution in [1.82, 2.24) is 9.97 Å². The molecule has 2 rings (SSSR count). The normalized spacial score (nSPS) is 10.5. The Morgan fingerprint density at radius 1 is 1.32 bits per heavy atom. The maximum absolute atomic E-state index is 11.7. The Morgan fingerprint density at radius 2 is 2.00 bits per heavy atom. The number of ether oxygens (including phenoxy) is 2. The fraction of sp³-hybridized carbons (Fsp3) is 0.308. The minimum absolute atomic E-state index is 0.169. The first-order chi connectivity index (χ1) is 9.01. The number of carbonyl (C=O) groups is 1. The Balaban J connectivity index is 2.46. The zero-order valence-electron chi connectivity index (χ0n) is 10.9. The summed E-state index contributed by atoms with van der Waals surface area (Å²) >= 11 is 0. The van der Waals surface area contributed by atoms with Crippen molar-refractivity contribution in [2.75, 3.05) is 6.61 Å². The fourth-order valence-corrected chi connectivity index (χ4v) is 1.62. The maximum Gasteiger partial charge on any atom is 0.515 e. The molecule has 0 bridgehead atoms. The zero-order valence-corrected chi connectivity index (χ0v) is 10.9. The summed E-state index contributed by atoms with van der Waals surface area (Å²) in [5.74, 6) is -0.311. The summed E-state index contributed by atoms with van der Waals surface area (Å²) in [5, 5.41) is 0. The number of benzene rings is 1. The van der Waals surface area contributed by atoms with Crippen LogP contribution in [0.5, 0.6) is 5.88 Å². The van der Waals surface area contributed by atoms with E-state index >= 15 is 0 Å². The Bertz CT molecular complexity index is 691. The zero-order chi connectivity index (χ0) is 14.0. The minimum atomic E-state index is -0.941. The van der Waals surface area contributed by atoms with E-state index in [0.29, 0.717) is 11.0 Å². The van der Waals surface area contributed by atoms with E-state index in [9.17, 15) is 9.59 Å². The van der Waals surface area contributed by atoms with Crippen molar-refractivity contribution in [3.8, 4) is 5.88 Å². The van der Waals surface area contributed by atoms with Gasteiger partial charge in [-0.3, -0.25) is 4.79 Å². The molecule has 100 valence electrons. The number of carbonyl (C=O) groups excluding carboxylic acids is 1. The number of nitrogens with one attached hydrogen (secondary N) is 1. The molecule has 0 fully saturated rings. The molecule has 6 nitrogen and oxygen atoms in total. The van der Waals surface area contributed by atoms with Gasteiger partial charge in [-0.25, -0.2) is 9.78 Å². The standard InChI is InChI=1S/C13H14N2O4/c1-4-18-13(17)19-12-11(16)14-9-5-7(2)8(3)6-10(9)15-12/h5-6H,4H2,1-3H3,(H,14,16). The first kappa shape index (κ1) is 13.1. The van der Waals surface area contributed by atoms with Crippen LogP contribution >= 0.6 is 0 Å². The second-order valence-corrected chi connectivity index (χ2v) is 4.11. The van der Waals surface area contributed by atoms with Crippen LogP contribution in [-0.2, 0) is 4.74 Å². The second-order valence-electron chi connectivity index (χ2n) is 4.11. The van der Waals surface area contributed by atoms with Crippen LogP contribution in [0.15, 0.2) is 16.9 Å². The number of hydrogen-bond donors (Lipinski definition) is 1. The van der Waals surface area contributed by atoms with Crippen LogP contribution in [-0.4, -0.2) is 22.7 Å². The fourth-order valence-electron chi connectivity index (χ4n) is 1.62. The number of aromatic amines is 1. The van der Waals surface area contributed by atoms with E-state index in [-0.39, 0.29) is 12.5 Å². The Hall–Kier alpha value is -2.37. The van der Waals surface area contributed by atoms with Crippen molar-refractivity contribution in [2.45, 2.75) is 20.8 Å². The third-order valence-electron chi connectivity index (χ3n) is 2.72. The molecule has 0 saturated carbocycles. The molecule has 0 saturated heterocycles. The lowest BCUT2D eigenvalue weighted by molar-refractivity contribution is 0.102. The van der Waals surface area contributed by atoms with Gasteiger partial charge in [-0.2, -0.15) is 0 Å². The van der Waals surface area contributed by atoms with Crippen LogP contribution in [0.1, 0.15) is 18.1 Å². The van der Waals surface area contributed by atoms with Crippen molar-refractivity contribution >= 4 is 17.2 Å². The summed E-state index contributed by atoms with van der Waals surface area (Å²) < 4.78 is 9.35. The Labute approximate surface area is 109 Å². The number of nitrogens with zero attached hydrogens (tertiary/aromatic N) is 1. The molecule has 1 aromatic carbocycles. The Kier molecular flexibility index (Phi) is 3.50. The SMILES string of the molecule is CCOC(=O)Oc1nc2cc(C)c(C)cc2[nH]c1=O. The highest BCUT2D eigenvalue weighted by Gasteiger charge is 2.12. The van der Waals surface area contributed by atoms with Gasteiger partial charge in [0.15, 0.2) is 0 Å². The van der Waals surface area contributed by atoms with Gasteiger partial charge in [-0.15, -0.1) is 0 Å². The average Bonchev–Trinajstić information content (AvgIpc) is 2.33. The van der Waals surface area contributed by atoms with E-state index in [1.807, 2.05) is 26.0 Å². The quantitative estimate of drug-likeness (QED) is 0.838. The van der Waals surface area contributed by atoms with Crippen LogP contribution in [0.2, 0.25) is 0 Å². The van der Waals surface area contributed by atoms with Crippen molar-refractivity contribution in [3.63, 3.8) is 0 Å². The summed E-state index contributed by atoms with van der Waals surface area (Å²) in [5.41, 5.74) is 2.67. The van der Waals surface area contributed by atoms with Gasteiger partial charge < -0.3 is 14.5 Å². The van der Waals surface area contributed by atoms with Crippen molar-refractivity contribution in [3.05, 3.63) is 33.6 Å². The molecule has 0 spiro atoms. The first-order valence-corrected chi connectivity index (χ1v) is 5.87. The molecule has 19 heavy (non-hydrogen) atoms. The molecule has 6 heteroatoms. The minimum Gasteiger partial charge on any atom is -0.434 e. The molecule has 0 aliphatic carbocycles. The molecule has 1 aromatic heterocycles. The highest BCUT2D eigenvalue weighted by atomic mass is 16.7. The molecule has 0 radical (unpaired) electrons. The smallest absolute Gasteiger partial charge is 0.434 e. The van der Waals surface area contributed by atoms with Gasteiger partial charge >= 0.3 is 11.7 Å². The number of fused-ring (bicyclic) bond motifs is 1. The molecule has 0 atom stereocenters. The molecule has 0 aliphatic rings.